The quantitative estimate of drug-likeness (QED) is 0.912. The number of nitrogens with zero attached hydrogens (tertiary/aromatic N) is 4. The lowest BCUT2D eigenvalue weighted by molar-refractivity contribution is -0.127. The van der Waals surface area contributed by atoms with Gasteiger partial charge in [-0.25, -0.2) is 4.98 Å². The first-order valence-corrected chi connectivity index (χ1v) is 9.30. The number of rotatable bonds is 3. The van der Waals surface area contributed by atoms with Crippen molar-refractivity contribution in [1.29, 1.82) is 0 Å². The van der Waals surface area contributed by atoms with Gasteiger partial charge in [0, 0.05) is 38.5 Å². The molecule has 0 saturated heterocycles. The Balaban J connectivity index is 1.69. The lowest BCUT2D eigenvalue weighted by Crippen LogP contribution is -2.35. The minimum Gasteiger partial charge on any atom is -0.358 e. The maximum Gasteiger partial charge on any atom is 0.229 e. The van der Waals surface area contributed by atoms with Crippen molar-refractivity contribution in [3.8, 4) is 0 Å². The van der Waals surface area contributed by atoms with Crippen LogP contribution in [0.2, 0.25) is 0 Å². The second kappa shape index (κ2) is 6.37. The molecular weight excluding hydrogens is 338 g/mol. The molecule has 27 heavy (non-hydrogen) atoms. The van der Waals surface area contributed by atoms with E-state index in [9.17, 15) is 4.79 Å². The van der Waals surface area contributed by atoms with Gasteiger partial charge < -0.3 is 9.88 Å². The molecule has 0 spiro atoms. The van der Waals surface area contributed by atoms with Gasteiger partial charge in [-0.2, -0.15) is 5.10 Å². The third-order valence-corrected chi connectivity index (χ3v) is 5.62. The average molecular weight is 363 g/mol. The van der Waals surface area contributed by atoms with E-state index in [1.807, 2.05) is 43.2 Å². The van der Waals surface area contributed by atoms with Crippen LogP contribution in [0.25, 0.3) is 17.3 Å². The number of amides is 1. The van der Waals surface area contributed by atoms with Gasteiger partial charge in [0.1, 0.15) is 5.82 Å². The fraction of sp³-hybridized carbons (Fsp3) is 0.381. The third kappa shape index (κ3) is 2.95. The molecule has 1 N–H and O–H groups in total. The van der Waals surface area contributed by atoms with Crippen LogP contribution in [0.1, 0.15) is 37.4 Å². The summed E-state index contributed by atoms with van der Waals surface area (Å²) < 4.78 is 4.01. The Hall–Kier alpha value is -2.89. The third-order valence-electron chi connectivity index (χ3n) is 5.62. The van der Waals surface area contributed by atoms with Gasteiger partial charge in [-0.05, 0) is 30.4 Å². The first-order valence-electron chi connectivity index (χ1n) is 9.30. The number of carbonyl (C=O) groups excluding carboxylic acids is 1. The van der Waals surface area contributed by atoms with Crippen molar-refractivity contribution >= 4 is 23.3 Å². The number of carbonyl (C=O) groups is 1. The van der Waals surface area contributed by atoms with Crippen LogP contribution in [0, 0.1) is 11.3 Å². The number of aromatic nitrogens is 4. The Morgan fingerprint density at radius 2 is 2.19 bits per heavy atom. The largest absolute Gasteiger partial charge is 0.358 e. The zero-order valence-electron chi connectivity index (χ0n) is 16.2. The lowest BCUT2D eigenvalue weighted by Gasteiger charge is -2.27. The first kappa shape index (κ1) is 17.5. The van der Waals surface area contributed by atoms with Crippen LogP contribution in [-0.2, 0) is 18.3 Å². The van der Waals surface area contributed by atoms with Gasteiger partial charge in [0.25, 0.3) is 0 Å². The van der Waals surface area contributed by atoms with Crippen molar-refractivity contribution in [3.63, 3.8) is 0 Å². The molecule has 6 nitrogen and oxygen atoms in total. The fourth-order valence-corrected chi connectivity index (χ4v) is 3.86. The summed E-state index contributed by atoms with van der Waals surface area (Å²) in [5, 5.41) is 7.06. The monoisotopic (exact) mass is 363 g/mol. The van der Waals surface area contributed by atoms with Crippen molar-refractivity contribution in [3.05, 3.63) is 53.9 Å². The summed E-state index contributed by atoms with van der Waals surface area (Å²) >= 11 is 0. The van der Waals surface area contributed by atoms with Crippen molar-refractivity contribution in [1.82, 2.24) is 24.6 Å². The van der Waals surface area contributed by atoms with Gasteiger partial charge >= 0.3 is 0 Å². The van der Waals surface area contributed by atoms with E-state index in [2.05, 4.69) is 45.4 Å². The van der Waals surface area contributed by atoms with Gasteiger partial charge in [-0.15, -0.1) is 0 Å². The van der Waals surface area contributed by atoms with E-state index in [-0.39, 0.29) is 5.91 Å². The highest BCUT2D eigenvalue weighted by Gasteiger charge is 2.31. The molecular formula is C21H25N5O. The number of aryl methyl sites for hydroxylation is 1. The summed E-state index contributed by atoms with van der Waals surface area (Å²) in [5.41, 5.74) is 4.09. The predicted octanol–water partition coefficient (Wildman–Crippen LogP) is 2.90. The Bertz CT molecular complexity index is 990. The van der Waals surface area contributed by atoms with E-state index < -0.39 is 5.41 Å². The Kier molecular flexibility index (Phi) is 4.13. The Labute approximate surface area is 159 Å². The SMILES string of the molecule is CNC(=O)[C@]1(C)C=CC(c2cnc3n2C=C(c2cnn(C)c2)[C@H](C)C3)=CC1. The van der Waals surface area contributed by atoms with Crippen LogP contribution in [0.15, 0.2) is 36.8 Å². The van der Waals surface area contributed by atoms with Gasteiger partial charge in [-0.3, -0.25) is 9.48 Å². The molecule has 0 unspecified atom stereocenters. The second-order valence-electron chi connectivity index (χ2n) is 7.72. The van der Waals surface area contributed by atoms with Gasteiger partial charge in [0.05, 0.1) is 23.5 Å². The lowest BCUT2D eigenvalue weighted by atomic mass is 9.80. The summed E-state index contributed by atoms with van der Waals surface area (Å²) in [6.45, 7) is 4.19. The van der Waals surface area contributed by atoms with Crippen molar-refractivity contribution in [2.24, 2.45) is 18.4 Å². The molecule has 1 aliphatic heterocycles. The molecule has 1 aliphatic carbocycles. The summed E-state index contributed by atoms with van der Waals surface area (Å²) in [7, 11) is 3.62. The summed E-state index contributed by atoms with van der Waals surface area (Å²) in [6, 6.07) is 0. The minimum absolute atomic E-state index is 0.0388. The normalized spacial score (nSPS) is 24.2. The molecule has 1 amide bonds. The second-order valence-corrected chi connectivity index (χ2v) is 7.72. The van der Waals surface area contributed by atoms with Gasteiger partial charge in [0.2, 0.25) is 5.91 Å². The van der Waals surface area contributed by atoms with E-state index in [1.54, 1.807) is 7.05 Å². The van der Waals surface area contributed by atoms with Crippen molar-refractivity contribution in [2.75, 3.05) is 7.05 Å². The fourth-order valence-electron chi connectivity index (χ4n) is 3.86. The molecule has 2 atom stereocenters. The molecule has 2 aromatic rings. The van der Waals surface area contributed by atoms with E-state index >= 15 is 0 Å². The smallest absolute Gasteiger partial charge is 0.229 e. The Morgan fingerprint density at radius 1 is 1.37 bits per heavy atom. The molecule has 6 heteroatoms. The molecule has 0 radical (unpaired) electrons. The van der Waals surface area contributed by atoms with Crippen molar-refractivity contribution in [2.45, 2.75) is 26.7 Å². The van der Waals surface area contributed by atoms with Crippen LogP contribution in [0.4, 0.5) is 0 Å². The minimum atomic E-state index is -0.492. The van der Waals surface area contributed by atoms with Crippen LogP contribution in [-0.4, -0.2) is 32.3 Å². The highest BCUT2D eigenvalue weighted by Crippen LogP contribution is 2.36. The molecule has 2 aliphatic rings. The van der Waals surface area contributed by atoms with Crippen LogP contribution < -0.4 is 5.32 Å². The molecule has 0 saturated carbocycles. The van der Waals surface area contributed by atoms with E-state index in [0.29, 0.717) is 12.3 Å². The van der Waals surface area contributed by atoms with Crippen LogP contribution in [0.5, 0.6) is 0 Å². The number of allylic oxidation sites excluding steroid dienone is 4. The zero-order valence-corrected chi connectivity index (χ0v) is 16.2. The number of hydrogen-bond donors (Lipinski definition) is 1. The van der Waals surface area contributed by atoms with Gasteiger partial charge in [0.15, 0.2) is 0 Å². The number of fused-ring (bicyclic) bond motifs is 1. The summed E-state index contributed by atoms with van der Waals surface area (Å²) in [5.74, 6) is 1.50. The summed E-state index contributed by atoms with van der Waals surface area (Å²) in [6.07, 6.45) is 15.8. The maximum atomic E-state index is 12.1. The highest BCUT2D eigenvalue weighted by atomic mass is 16.2. The van der Waals surface area contributed by atoms with Gasteiger partial charge in [-0.1, -0.05) is 25.2 Å². The molecule has 4 rings (SSSR count). The first-order chi connectivity index (χ1) is 12.9. The zero-order chi connectivity index (χ0) is 19.2. The molecule has 0 fully saturated rings. The van der Waals surface area contributed by atoms with E-state index in [1.165, 1.54) is 5.57 Å². The van der Waals surface area contributed by atoms with Crippen LogP contribution in [0.3, 0.4) is 0 Å². The number of nitrogens with one attached hydrogen (secondary N) is 1. The standard InChI is InChI=1S/C21H25N5O/c1-14-9-19-23-11-18(15-5-7-21(2,8-6-15)20(27)22-3)26(19)13-17(14)16-10-24-25(4)12-16/h5-7,10-14H,8-9H2,1-4H3,(H,22,27)/t14-,21-/m1/s1. The number of imidazole rings is 1. The topological polar surface area (TPSA) is 64.7 Å². The highest BCUT2D eigenvalue weighted by molar-refractivity contribution is 5.88. The van der Waals surface area contributed by atoms with E-state index in [0.717, 1.165) is 29.1 Å². The summed E-state index contributed by atoms with van der Waals surface area (Å²) in [4.78, 5) is 16.8. The average Bonchev–Trinajstić information content (AvgIpc) is 3.27. The molecule has 2 aromatic heterocycles. The maximum absolute atomic E-state index is 12.1. The molecule has 140 valence electrons. The van der Waals surface area contributed by atoms with E-state index in [4.69, 9.17) is 0 Å². The predicted molar refractivity (Wildman–Crippen MR) is 106 cm³/mol. The molecule has 3 heterocycles. The van der Waals surface area contributed by atoms with Crippen LogP contribution >= 0.6 is 0 Å². The van der Waals surface area contributed by atoms with Crippen molar-refractivity contribution < 1.29 is 4.79 Å². The molecule has 0 bridgehead atoms. The Morgan fingerprint density at radius 3 is 2.81 bits per heavy atom. The number of hydrogen-bond acceptors (Lipinski definition) is 3. The molecule has 0 aromatic carbocycles.